The summed E-state index contributed by atoms with van der Waals surface area (Å²) >= 11 is 11.8. The van der Waals surface area contributed by atoms with Gasteiger partial charge in [-0.3, -0.25) is 4.79 Å². The fraction of sp³-hybridized carbons (Fsp3) is 0.308. The van der Waals surface area contributed by atoms with Crippen molar-refractivity contribution >= 4 is 29.1 Å². The molecule has 0 unspecified atom stereocenters. The molecule has 90 valence electrons. The van der Waals surface area contributed by atoms with Gasteiger partial charge < -0.3 is 5.32 Å². The van der Waals surface area contributed by atoms with Crippen molar-refractivity contribution in [2.24, 2.45) is 0 Å². The Balaban J connectivity index is 2.51. The summed E-state index contributed by atoms with van der Waals surface area (Å²) in [6, 6.07) is 4.98. The molecule has 0 heterocycles. The van der Waals surface area contributed by atoms with Gasteiger partial charge in [-0.2, -0.15) is 0 Å². The predicted molar refractivity (Wildman–Crippen MR) is 71.5 cm³/mol. The first-order valence-electron chi connectivity index (χ1n) is 5.32. The van der Waals surface area contributed by atoms with Crippen LogP contribution in [-0.2, 0) is 0 Å². The van der Waals surface area contributed by atoms with Crippen LogP contribution in [0.15, 0.2) is 18.2 Å². The van der Waals surface area contributed by atoms with E-state index in [4.69, 9.17) is 29.6 Å². The molecule has 1 amide bonds. The zero-order valence-electron chi connectivity index (χ0n) is 9.30. The van der Waals surface area contributed by atoms with E-state index in [2.05, 4.69) is 11.2 Å². The van der Waals surface area contributed by atoms with Gasteiger partial charge in [-0.25, -0.2) is 0 Å². The van der Waals surface area contributed by atoms with Gasteiger partial charge in [-0.05, 0) is 25.0 Å². The smallest absolute Gasteiger partial charge is 0.254 e. The molecular formula is C13H13Cl2NO. The highest BCUT2D eigenvalue weighted by molar-refractivity contribution is 6.39. The summed E-state index contributed by atoms with van der Waals surface area (Å²) in [5.41, 5.74) is 0.327. The number of rotatable bonds is 5. The van der Waals surface area contributed by atoms with Crippen LogP contribution >= 0.6 is 23.2 Å². The molecule has 0 atom stereocenters. The predicted octanol–water partition coefficient (Wildman–Crippen LogP) is 3.53. The Morgan fingerprint density at radius 1 is 1.29 bits per heavy atom. The molecule has 0 saturated heterocycles. The van der Waals surface area contributed by atoms with Crippen LogP contribution in [0.1, 0.15) is 29.6 Å². The lowest BCUT2D eigenvalue weighted by atomic mass is 10.2. The lowest BCUT2D eigenvalue weighted by molar-refractivity contribution is 0.0953. The number of benzene rings is 1. The van der Waals surface area contributed by atoms with E-state index in [-0.39, 0.29) is 5.91 Å². The second-order valence-electron chi connectivity index (χ2n) is 3.51. The van der Waals surface area contributed by atoms with Crippen LogP contribution in [0.5, 0.6) is 0 Å². The molecule has 1 aromatic carbocycles. The summed E-state index contributed by atoms with van der Waals surface area (Å²) < 4.78 is 0. The summed E-state index contributed by atoms with van der Waals surface area (Å²) in [5, 5.41) is 3.48. The molecule has 0 radical (unpaired) electrons. The lowest BCUT2D eigenvalue weighted by Gasteiger charge is -2.07. The molecule has 0 aliphatic carbocycles. The Morgan fingerprint density at radius 3 is 2.53 bits per heavy atom. The minimum atomic E-state index is -0.249. The summed E-state index contributed by atoms with van der Waals surface area (Å²) in [6.45, 7) is 0.571. The second-order valence-corrected chi connectivity index (χ2v) is 4.33. The summed E-state index contributed by atoms with van der Waals surface area (Å²) in [5.74, 6) is 2.30. The number of terminal acetylenes is 1. The topological polar surface area (TPSA) is 29.1 Å². The number of carbonyl (C=O) groups is 1. The Bertz CT molecular complexity index is 417. The van der Waals surface area contributed by atoms with Crippen molar-refractivity contribution in [3.05, 3.63) is 33.8 Å². The van der Waals surface area contributed by atoms with Crippen LogP contribution < -0.4 is 5.32 Å². The first-order valence-corrected chi connectivity index (χ1v) is 6.08. The third-order valence-electron chi connectivity index (χ3n) is 2.22. The number of halogens is 2. The highest BCUT2D eigenvalue weighted by atomic mass is 35.5. The minimum Gasteiger partial charge on any atom is -0.352 e. The standard InChI is InChI=1S/C13H13Cl2NO/c1-2-3-4-5-9-16-13(17)12-10(14)7-6-8-11(12)15/h1,6-8H,3-5,9H2,(H,16,17). The van der Waals surface area contributed by atoms with Gasteiger partial charge in [-0.1, -0.05) is 29.3 Å². The van der Waals surface area contributed by atoms with Gasteiger partial charge in [0.15, 0.2) is 0 Å². The zero-order valence-corrected chi connectivity index (χ0v) is 10.8. The van der Waals surface area contributed by atoms with Gasteiger partial charge >= 0.3 is 0 Å². The monoisotopic (exact) mass is 269 g/mol. The molecular weight excluding hydrogens is 257 g/mol. The molecule has 0 aliphatic rings. The van der Waals surface area contributed by atoms with Gasteiger partial charge in [0, 0.05) is 13.0 Å². The van der Waals surface area contributed by atoms with Gasteiger partial charge in [0.2, 0.25) is 0 Å². The van der Waals surface area contributed by atoms with Gasteiger partial charge in [0.05, 0.1) is 15.6 Å². The van der Waals surface area contributed by atoms with E-state index in [1.54, 1.807) is 18.2 Å². The average Bonchev–Trinajstić information content (AvgIpc) is 2.28. The Kier molecular flexibility index (Phi) is 5.90. The van der Waals surface area contributed by atoms with Crippen LogP contribution in [0.2, 0.25) is 10.0 Å². The van der Waals surface area contributed by atoms with E-state index in [0.717, 1.165) is 19.3 Å². The number of hydrogen-bond acceptors (Lipinski definition) is 1. The molecule has 0 aromatic heterocycles. The molecule has 1 rings (SSSR count). The molecule has 0 saturated carbocycles. The molecule has 0 spiro atoms. The summed E-state index contributed by atoms with van der Waals surface area (Å²) in [6.07, 6.45) is 7.60. The number of unbranched alkanes of at least 4 members (excludes halogenated alkanes) is 2. The Morgan fingerprint density at radius 2 is 1.94 bits per heavy atom. The first-order chi connectivity index (χ1) is 8.16. The van der Waals surface area contributed by atoms with E-state index in [1.807, 2.05) is 0 Å². The van der Waals surface area contributed by atoms with Crippen LogP contribution in [0, 0.1) is 12.3 Å². The van der Waals surface area contributed by atoms with Crippen molar-refractivity contribution < 1.29 is 4.79 Å². The molecule has 1 N–H and O–H groups in total. The highest BCUT2D eigenvalue weighted by Crippen LogP contribution is 2.23. The Hall–Kier alpha value is -1.17. The average molecular weight is 270 g/mol. The first kappa shape index (κ1) is 13.9. The number of hydrogen-bond donors (Lipinski definition) is 1. The normalized spacial score (nSPS) is 9.71. The minimum absolute atomic E-state index is 0.249. The highest BCUT2D eigenvalue weighted by Gasteiger charge is 2.13. The van der Waals surface area contributed by atoms with Crippen molar-refractivity contribution in [1.29, 1.82) is 0 Å². The number of amides is 1. The maximum absolute atomic E-state index is 11.8. The lowest BCUT2D eigenvalue weighted by Crippen LogP contribution is -2.25. The second kappa shape index (κ2) is 7.21. The van der Waals surface area contributed by atoms with Crippen molar-refractivity contribution in [2.75, 3.05) is 6.54 Å². The van der Waals surface area contributed by atoms with Crippen molar-refractivity contribution in [1.82, 2.24) is 5.32 Å². The van der Waals surface area contributed by atoms with Crippen LogP contribution in [0.4, 0.5) is 0 Å². The third kappa shape index (κ3) is 4.30. The number of carbonyl (C=O) groups excluding carboxylic acids is 1. The summed E-state index contributed by atoms with van der Waals surface area (Å²) in [7, 11) is 0. The molecule has 2 nitrogen and oxygen atoms in total. The quantitative estimate of drug-likeness (QED) is 0.643. The molecule has 0 aliphatic heterocycles. The molecule has 4 heteroatoms. The van der Waals surface area contributed by atoms with E-state index in [9.17, 15) is 4.79 Å². The van der Waals surface area contributed by atoms with Crippen LogP contribution in [-0.4, -0.2) is 12.5 Å². The van der Waals surface area contributed by atoms with Gasteiger partial charge in [0.1, 0.15) is 0 Å². The molecule has 17 heavy (non-hydrogen) atoms. The molecule has 1 aromatic rings. The van der Waals surface area contributed by atoms with Gasteiger partial charge in [-0.15, -0.1) is 12.3 Å². The van der Waals surface area contributed by atoms with Gasteiger partial charge in [0.25, 0.3) is 5.91 Å². The fourth-order valence-corrected chi connectivity index (χ4v) is 1.93. The maximum atomic E-state index is 11.8. The molecule has 0 fully saturated rings. The fourth-order valence-electron chi connectivity index (χ4n) is 1.36. The van der Waals surface area contributed by atoms with Crippen LogP contribution in [0.3, 0.4) is 0 Å². The molecule has 0 bridgehead atoms. The SMILES string of the molecule is C#CCCCCNC(=O)c1c(Cl)cccc1Cl. The largest absolute Gasteiger partial charge is 0.352 e. The maximum Gasteiger partial charge on any atom is 0.254 e. The van der Waals surface area contributed by atoms with Crippen molar-refractivity contribution in [3.8, 4) is 12.3 Å². The van der Waals surface area contributed by atoms with E-state index >= 15 is 0 Å². The van der Waals surface area contributed by atoms with Crippen molar-refractivity contribution in [2.45, 2.75) is 19.3 Å². The zero-order chi connectivity index (χ0) is 12.7. The van der Waals surface area contributed by atoms with Crippen molar-refractivity contribution in [3.63, 3.8) is 0 Å². The van der Waals surface area contributed by atoms with E-state index in [0.29, 0.717) is 22.2 Å². The summed E-state index contributed by atoms with van der Waals surface area (Å²) in [4.78, 5) is 11.8. The Labute approximate surface area is 111 Å². The van der Waals surface area contributed by atoms with Crippen LogP contribution in [0.25, 0.3) is 0 Å². The van der Waals surface area contributed by atoms with E-state index in [1.165, 1.54) is 0 Å². The third-order valence-corrected chi connectivity index (χ3v) is 2.85. The van der Waals surface area contributed by atoms with E-state index < -0.39 is 0 Å². The number of nitrogens with one attached hydrogen (secondary N) is 1.